The zero-order valence-corrected chi connectivity index (χ0v) is 14.3. The summed E-state index contributed by atoms with van der Waals surface area (Å²) >= 11 is 4.87. The molecule has 22 heavy (non-hydrogen) atoms. The van der Waals surface area contributed by atoms with E-state index in [2.05, 4.69) is 15.9 Å². The van der Waals surface area contributed by atoms with Gasteiger partial charge in [-0.15, -0.1) is 11.3 Å². The van der Waals surface area contributed by atoms with E-state index >= 15 is 0 Å². The second kappa shape index (κ2) is 6.62. The first-order valence-corrected chi connectivity index (χ1v) is 8.70. The quantitative estimate of drug-likeness (QED) is 0.805. The summed E-state index contributed by atoms with van der Waals surface area (Å²) in [6, 6.07) is 11.1. The predicted molar refractivity (Wildman–Crippen MR) is 90.3 cm³/mol. The molecule has 2 aromatic rings. The average Bonchev–Trinajstić information content (AvgIpc) is 3.09. The molecule has 2 amide bonds. The Morgan fingerprint density at radius 3 is 2.14 bits per heavy atom. The average molecular weight is 379 g/mol. The predicted octanol–water partition coefficient (Wildman–Crippen LogP) is 3.11. The van der Waals surface area contributed by atoms with Crippen molar-refractivity contribution in [3.8, 4) is 0 Å². The number of carbonyl (C=O) groups excluding carboxylic acids is 2. The van der Waals surface area contributed by atoms with Crippen LogP contribution in [0.5, 0.6) is 0 Å². The molecule has 4 nitrogen and oxygen atoms in total. The minimum atomic E-state index is 0.00991. The minimum Gasteiger partial charge on any atom is -0.335 e. The highest BCUT2D eigenvalue weighted by atomic mass is 79.9. The summed E-state index contributed by atoms with van der Waals surface area (Å²) in [6.07, 6.45) is 0. The van der Waals surface area contributed by atoms with Crippen molar-refractivity contribution >= 4 is 39.1 Å². The molecule has 0 aliphatic carbocycles. The van der Waals surface area contributed by atoms with Crippen LogP contribution >= 0.6 is 27.3 Å². The largest absolute Gasteiger partial charge is 0.335 e. The van der Waals surface area contributed by atoms with Gasteiger partial charge in [-0.1, -0.05) is 18.2 Å². The van der Waals surface area contributed by atoms with Crippen molar-refractivity contribution in [1.29, 1.82) is 0 Å². The number of rotatable bonds is 2. The van der Waals surface area contributed by atoms with Gasteiger partial charge in [0.25, 0.3) is 11.8 Å². The monoisotopic (exact) mass is 378 g/mol. The maximum atomic E-state index is 12.5. The van der Waals surface area contributed by atoms with Crippen molar-refractivity contribution < 1.29 is 9.59 Å². The van der Waals surface area contributed by atoms with E-state index in [4.69, 9.17) is 0 Å². The van der Waals surface area contributed by atoms with E-state index in [1.54, 1.807) is 4.90 Å². The molecule has 3 rings (SSSR count). The molecule has 1 aromatic heterocycles. The number of carbonyl (C=O) groups is 2. The molecule has 1 aromatic carbocycles. The van der Waals surface area contributed by atoms with Gasteiger partial charge in [0.15, 0.2) is 0 Å². The van der Waals surface area contributed by atoms with E-state index < -0.39 is 0 Å². The zero-order chi connectivity index (χ0) is 15.5. The number of thiophene rings is 1. The zero-order valence-electron chi connectivity index (χ0n) is 11.9. The number of piperazine rings is 1. The maximum absolute atomic E-state index is 12.5. The molecule has 114 valence electrons. The molecule has 6 heteroatoms. The first-order valence-electron chi connectivity index (χ1n) is 7.03. The lowest BCUT2D eigenvalue weighted by Gasteiger charge is -2.34. The number of hydrogen-bond acceptors (Lipinski definition) is 3. The van der Waals surface area contributed by atoms with Crippen LogP contribution in [0.3, 0.4) is 0 Å². The Kier molecular flexibility index (Phi) is 4.59. The lowest BCUT2D eigenvalue weighted by atomic mass is 10.2. The molecule has 0 unspecified atom stereocenters. The summed E-state index contributed by atoms with van der Waals surface area (Å²) < 4.78 is 0.803. The summed E-state index contributed by atoms with van der Waals surface area (Å²) in [6.45, 7) is 2.29. The molecule has 1 saturated heterocycles. The highest BCUT2D eigenvalue weighted by molar-refractivity contribution is 9.10. The van der Waals surface area contributed by atoms with Crippen molar-refractivity contribution in [3.05, 3.63) is 56.7 Å². The Bertz CT molecular complexity index is 679. The number of halogens is 1. The van der Waals surface area contributed by atoms with Crippen LogP contribution in [0.4, 0.5) is 0 Å². The summed E-state index contributed by atoms with van der Waals surface area (Å²) in [5, 5.41) is 1.90. The molecule has 1 fully saturated rings. The van der Waals surface area contributed by atoms with Crippen molar-refractivity contribution in [1.82, 2.24) is 9.80 Å². The summed E-state index contributed by atoms with van der Waals surface area (Å²) in [4.78, 5) is 29.2. The van der Waals surface area contributed by atoms with Crippen LogP contribution in [0.2, 0.25) is 0 Å². The highest BCUT2D eigenvalue weighted by Gasteiger charge is 2.26. The topological polar surface area (TPSA) is 40.6 Å². The van der Waals surface area contributed by atoms with Gasteiger partial charge in [0, 0.05) is 30.7 Å². The third-order valence-corrected chi connectivity index (χ3v) is 5.24. The molecule has 0 spiro atoms. The third kappa shape index (κ3) is 3.08. The Morgan fingerprint density at radius 2 is 1.55 bits per heavy atom. The Morgan fingerprint density at radius 1 is 0.909 bits per heavy atom. The van der Waals surface area contributed by atoms with E-state index in [1.165, 1.54) is 11.3 Å². The maximum Gasteiger partial charge on any atom is 0.264 e. The number of amides is 2. The van der Waals surface area contributed by atoms with Crippen LogP contribution in [0.15, 0.2) is 46.3 Å². The summed E-state index contributed by atoms with van der Waals surface area (Å²) in [5.41, 5.74) is 0.667. The van der Waals surface area contributed by atoms with Crippen molar-refractivity contribution in [2.24, 2.45) is 0 Å². The van der Waals surface area contributed by atoms with E-state index in [9.17, 15) is 9.59 Å². The van der Waals surface area contributed by atoms with Crippen LogP contribution in [0.25, 0.3) is 0 Å². The van der Waals surface area contributed by atoms with Gasteiger partial charge in [-0.3, -0.25) is 9.59 Å². The van der Waals surface area contributed by atoms with Gasteiger partial charge in [-0.2, -0.15) is 0 Å². The summed E-state index contributed by atoms with van der Waals surface area (Å²) in [5.74, 6) is 0.0682. The number of hydrogen-bond donors (Lipinski definition) is 0. The smallest absolute Gasteiger partial charge is 0.264 e. The van der Waals surface area contributed by atoms with E-state index in [1.807, 2.05) is 46.7 Å². The first-order chi connectivity index (χ1) is 10.7. The molecule has 0 bridgehead atoms. The van der Waals surface area contributed by atoms with Crippen LogP contribution in [-0.4, -0.2) is 47.8 Å². The third-order valence-electron chi connectivity index (χ3n) is 3.69. The molecule has 1 aliphatic heterocycles. The normalized spacial score (nSPS) is 15.0. The van der Waals surface area contributed by atoms with Crippen LogP contribution in [-0.2, 0) is 0 Å². The van der Waals surface area contributed by atoms with E-state index in [0.717, 1.165) is 9.35 Å². The van der Waals surface area contributed by atoms with E-state index in [-0.39, 0.29) is 11.8 Å². The molecule has 2 heterocycles. The second-order valence-electron chi connectivity index (χ2n) is 5.04. The fourth-order valence-electron chi connectivity index (χ4n) is 2.47. The standard InChI is InChI=1S/C16H15BrN2O2S/c17-13-5-2-1-4-12(13)15(20)18-7-9-19(10-8-18)16(21)14-6-3-11-22-14/h1-6,11H,7-10H2. The molecule has 0 atom stereocenters. The summed E-state index contributed by atoms with van der Waals surface area (Å²) in [7, 11) is 0. The van der Waals surface area contributed by atoms with Crippen LogP contribution in [0, 0.1) is 0 Å². The Hall–Kier alpha value is -1.66. The highest BCUT2D eigenvalue weighted by Crippen LogP contribution is 2.19. The second-order valence-corrected chi connectivity index (χ2v) is 6.84. The number of benzene rings is 1. The fraction of sp³-hybridized carbons (Fsp3) is 0.250. The number of nitrogens with zero attached hydrogens (tertiary/aromatic N) is 2. The molecule has 1 aliphatic rings. The van der Waals surface area contributed by atoms with Crippen molar-refractivity contribution in [3.63, 3.8) is 0 Å². The van der Waals surface area contributed by atoms with Gasteiger partial charge in [0.05, 0.1) is 10.4 Å². The molecule has 0 N–H and O–H groups in total. The van der Waals surface area contributed by atoms with Gasteiger partial charge < -0.3 is 9.80 Å². The van der Waals surface area contributed by atoms with Crippen LogP contribution < -0.4 is 0 Å². The fourth-order valence-corrected chi connectivity index (χ4v) is 3.62. The Balaban J connectivity index is 1.63. The van der Waals surface area contributed by atoms with Gasteiger partial charge in [0.2, 0.25) is 0 Å². The molecule has 0 radical (unpaired) electrons. The SMILES string of the molecule is O=C(c1cccs1)N1CCN(C(=O)c2ccccc2Br)CC1. The van der Waals surface area contributed by atoms with Crippen LogP contribution in [0.1, 0.15) is 20.0 Å². The lowest BCUT2D eigenvalue weighted by Crippen LogP contribution is -2.50. The Labute approximate surface area is 141 Å². The first kappa shape index (κ1) is 15.2. The van der Waals surface area contributed by atoms with Gasteiger partial charge >= 0.3 is 0 Å². The molecular weight excluding hydrogens is 364 g/mol. The minimum absolute atomic E-state index is 0.00991. The van der Waals surface area contributed by atoms with Crippen molar-refractivity contribution in [2.75, 3.05) is 26.2 Å². The van der Waals surface area contributed by atoms with Gasteiger partial charge in [0.1, 0.15) is 0 Å². The molecular formula is C16H15BrN2O2S. The van der Waals surface area contributed by atoms with E-state index in [0.29, 0.717) is 31.7 Å². The van der Waals surface area contributed by atoms with Gasteiger partial charge in [-0.05, 0) is 39.5 Å². The van der Waals surface area contributed by atoms with Gasteiger partial charge in [-0.25, -0.2) is 0 Å². The van der Waals surface area contributed by atoms with Crippen molar-refractivity contribution in [2.45, 2.75) is 0 Å². The lowest BCUT2D eigenvalue weighted by molar-refractivity contribution is 0.0537. The molecule has 0 saturated carbocycles.